The van der Waals surface area contributed by atoms with Crippen LogP contribution in [0.4, 0.5) is 0 Å². The number of unbranched alkanes of at least 4 members (excludes halogenated alkanes) is 17. The lowest BCUT2D eigenvalue weighted by Crippen LogP contribution is -2.34. The summed E-state index contributed by atoms with van der Waals surface area (Å²) in [6.07, 6.45) is 25.4. The Morgan fingerprint density at radius 1 is 0.593 bits per heavy atom. The fraction of sp³-hybridized carbons (Fsp3) is 0.960. The van der Waals surface area contributed by atoms with Crippen LogP contribution in [0.15, 0.2) is 0 Å². The molecule has 2 nitrogen and oxygen atoms in total. The van der Waals surface area contributed by atoms with E-state index in [2.05, 4.69) is 6.92 Å². The summed E-state index contributed by atoms with van der Waals surface area (Å²) in [6, 6.07) is 0. The Kier molecular flexibility index (Phi) is 19.8. The maximum absolute atomic E-state index is 11.0. The monoisotopic (exact) mass is 381 g/mol. The molecule has 1 unspecified atom stereocenters. The first-order valence-electron chi connectivity index (χ1n) is 12.3. The van der Waals surface area contributed by atoms with Gasteiger partial charge >= 0.3 is 0 Å². The maximum Gasteiger partial charge on any atom is 0.0447 e. The van der Waals surface area contributed by atoms with Crippen molar-refractivity contribution in [1.29, 1.82) is 0 Å². The van der Waals surface area contributed by atoms with Crippen LogP contribution < -0.4 is 5.11 Å². The van der Waals surface area contributed by atoms with Crippen LogP contribution in [0.1, 0.15) is 143 Å². The Hall–Kier alpha value is -0.530. The third-order valence-electron chi connectivity index (χ3n) is 5.98. The number of rotatable bonds is 21. The molecule has 0 aromatic heterocycles. The topological polar surface area (TPSA) is 40.1 Å². The zero-order chi connectivity index (χ0) is 20.2. The standard InChI is InChI=1S/C25H50O2/c1-4-5-6-7-8-9-10-11-12-13-14-15-16-17-18-19-20-21-22-24(23(2)3)25(26)27/h23-24H,4-22H2,1-3H3,(H,26,27)/p-1. The van der Waals surface area contributed by atoms with Gasteiger partial charge in [0.05, 0.1) is 0 Å². The molecule has 0 amide bonds. The predicted molar refractivity (Wildman–Crippen MR) is 117 cm³/mol. The van der Waals surface area contributed by atoms with Crippen molar-refractivity contribution in [3.8, 4) is 0 Å². The summed E-state index contributed by atoms with van der Waals surface area (Å²) >= 11 is 0. The van der Waals surface area contributed by atoms with E-state index in [-0.39, 0.29) is 11.8 Å². The average molecular weight is 382 g/mol. The van der Waals surface area contributed by atoms with Crippen LogP contribution in [0.2, 0.25) is 0 Å². The first kappa shape index (κ1) is 26.5. The van der Waals surface area contributed by atoms with Crippen LogP contribution in [0.5, 0.6) is 0 Å². The zero-order valence-electron chi connectivity index (χ0n) is 18.9. The highest BCUT2D eigenvalue weighted by molar-refractivity contribution is 5.67. The molecule has 0 aromatic rings. The highest BCUT2D eigenvalue weighted by atomic mass is 16.4. The molecule has 27 heavy (non-hydrogen) atoms. The van der Waals surface area contributed by atoms with Crippen molar-refractivity contribution in [1.82, 2.24) is 0 Å². The Morgan fingerprint density at radius 2 is 0.889 bits per heavy atom. The minimum atomic E-state index is -0.864. The lowest BCUT2D eigenvalue weighted by atomic mass is 9.90. The summed E-state index contributed by atoms with van der Waals surface area (Å²) in [7, 11) is 0. The van der Waals surface area contributed by atoms with Crippen molar-refractivity contribution in [2.75, 3.05) is 0 Å². The second-order valence-corrected chi connectivity index (χ2v) is 8.97. The normalized spacial score (nSPS) is 12.6. The second-order valence-electron chi connectivity index (χ2n) is 8.97. The molecule has 0 aliphatic rings. The van der Waals surface area contributed by atoms with Crippen molar-refractivity contribution in [3.63, 3.8) is 0 Å². The van der Waals surface area contributed by atoms with Crippen LogP contribution in [-0.2, 0) is 4.79 Å². The first-order valence-corrected chi connectivity index (χ1v) is 12.3. The van der Waals surface area contributed by atoms with Crippen LogP contribution in [0.25, 0.3) is 0 Å². The van der Waals surface area contributed by atoms with Crippen molar-refractivity contribution < 1.29 is 9.90 Å². The van der Waals surface area contributed by atoms with E-state index in [0.717, 1.165) is 12.8 Å². The van der Waals surface area contributed by atoms with E-state index in [1.165, 1.54) is 109 Å². The third-order valence-corrected chi connectivity index (χ3v) is 5.98. The molecule has 2 heteroatoms. The molecule has 0 radical (unpaired) electrons. The number of hydrogen-bond acceptors (Lipinski definition) is 2. The minimum Gasteiger partial charge on any atom is -0.550 e. The SMILES string of the molecule is CCCCCCCCCCCCCCCCCCCCC(C(=O)[O-])C(C)C. The van der Waals surface area contributed by atoms with Gasteiger partial charge in [-0.2, -0.15) is 0 Å². The van der Waals surface area contributed by atoms with Gasteiger partial charge in [-0.3, -0.25) is 0 Å². The van der Waals surface area contributed by atoms with E-state index in [1.807, 2.05) is 13.8 Å². The first-order chi connectivity index (χ1) is 13.1. The Balaban J connectivity index is 3.18. The van der Waals surface area contributed by atoms with Gasteiger partial charge in [0, 0.05) is 11.9 Å². The Bertz CT molecular complexity index is 311. The van der Waals surface area contributed by atoms with E-state index < -0.39 is 5.97 Å². The predicted octanol–water partition coefficient (Wildman–Crippen LogP) is 7.44. The molecule has 0 rings (SSSR count). The van der Waals surface area contributed by atoms with Gasteiger partial charge in [-0.15, -0.1) is 0 Å². The summed E-state index contributed by atoms with van der Waals surface area (Å²) in [4.78, 5) is 11.0. The zero-order valence-corrected chi connectivity index (χ0v) is 18.9. The van der Waals surface area contributed by atoms with Crippen molar-refractivity contribution >= 4 is 5.97 Å². The molecule has 0 N–H and O–H groups in total. The molecule has 0 aliphatic carbocycles. The second kappa shape index (κ2) is 20.2. The summed E-state index contributed by atoms with van der Waals surface area (Å²) < 4.78 is 0. The molecule has 0 spiro atoms. The summed E-state index contributed by atoms with van der Waals surface area (Å²) in [5, 5.41) is 11.0. The number of hydrogen-bond donors (Lipinski definition) is 0. The van der Waals surface area contributed by atoms with Gasteiger partial charge in [0.15, 0.2) is 0 Å². The molecule has 0 fully saturated rings. The van der Waals surface area contributed by atoms with Crippen LogP contribution in [-0.4, -0.2) is 5.97 Å². The summed E-state index contributed by atoms with van der Waals surface area (Å²) in [6.45, 7) is 6.25. The number of carboxylic acids is 1. The number of aliphatic carboxylic acids is 1. The average Bonchev–Trinajstić information content (AvgIpc) is 2.63. The highest BCUT2D eigenvalue weighted by Gasteiger charge is 2.13. The number of carbonyl (C=O) groups is 1. The molecule has 0 bridgehead atoms. The van der Waals surface area contributed by atoms with Gasteiger partial charge in [0.2, 0.25) is 0 Å². The molecule has 0 saturated carbocycles. The fourth-order valence-corrected chi connectivity index (χ4v) is 3.99. The summed E-state index contributed by atoms with van der Waals surface area (Å²) in [5.74, 6) is -0.927. The largest absolute Gasteiger partial charge is 0.550 e. The molecule has 0 heterocycles. The third kappa shape index (κ3) is 18.6. The number of carboxylic acid groups (broad SMARTS) is 1. The van der Waals surface area contributed by atoms with Gasteiger partial charge in [-0.05, 0) is 12.3 Å². The Labute approximate surface area is 170 Å². The quantitative estimate of drug-likeness (QED) is 0.194. The van der Waals surface area contributed by atoms with Crippen molar-refractivity contribution in [2.24, 2.45) is 11.8 Å². The Morgan fingerprint density at radius 3 is 1.15 bits per heavy atom. The van der Waals surface area contributed by atoms with Gasteiger partial charge < -0.3 is 9.90 Å². The highest BCUT2D eigenvalue weighted by Crippen LogP contribution is 2.19. The van der Waals surface area contributed by atoms with Crippen LogP contribution in [0.3, 0.4) is 0 Å². The van der Waals surface area contributed by atoms with Gasteiger partial charge in [0.1, 0.15) is 0 Å². The van der Waals surface area contributed by atoms with Gasteiger partial charge in [0.25, 0.3) is 0 Å². The lowest BCUT2D eigenvalue weighted by molar-refractivity contribution is -0.313. The van der Waals surface area contributed by atoms with E-state index in [4.69, 9.17) is 0 Å². The summed E-state index contributed by atoms with van der Waals surface area (Å²) in [5.41, 5.74) is 0. The maximum atomic E-state index is 11.0. The van der Waals surface area contributed by atoms with E-state index >= 15 is 0 Å². The number of carbonyl (C=O) groups excluding carboxylic acids is 1. The van der Waals surface area contributed by atoms with Crippen molar-refractivity contribution in [2.45, 2.75) is 143 Å². The molecule has 1 atom stereocenters. The molecular weight excluding hydrogens is 332 g/mol. The smallest absolute Gasteiger partial charge is 0.0447 e. The van der Waals surface area contributed by atoms with E-state index in [1.54, 1.807) is 0 Å². The fourth-order valence-electron chi connectivity index (χ4n) is 3.99. The minimum absolute atomic E-state index is 0.195. The van der Waals surface area contributed by atoms with E-state index in [0.29, 0.717) is 0 Å². The van der Waals surface area contributed by atoms with Gasteiger partial charge in [-0.25, -0.2) is 0 Å². The van der Waals surface area contributed by atoms with Crippen molar-refractivity contribution in [3.05, 3.63) is 0 Å². The molecule has 0 aliphatic heterocycles. The molecule has 0 saturated heterocycles. The lowest BCUT2D eigenvalue weighted by Gasteiger charge is -2.21. The molecular formula is C25H49O2-. The molecule has 0 aromatic carbocycles. The van der Waals surface area contributed by atoms with Crippen LogP contribution >= 0.6 is 0 Å². The molecule has 162 valence electrons. The van der Waals surface area contributed by atoms with E-state index in [9.17, 15) is 9.90 Å². The van der Waals surface area contributed by atoms with Crippen LogP contribution in [0, 0.1) is 11.8 Å². The van der Waals surface area contributed by atoms with Gasteiger partial charge in [-0.1, -0.05) is 136 Å².